The number of anilines is 2. The van der Waals surface area contributed by atoms with Crippen molar-refractivity contribution in [2.24, 2.45) is 0 Å². The quantitative estimate of drug-likeness (QED) is 0.585. The second-order valence-corrected chi connectivity index (χ2v) is 5.79. The van der Waals surface area contributed by atoms with Crippen molar-refractivity contribution in [1.29, 1.82) is 0 Å². The Labute approximate surface area is 135 Å². The number of thioether (sulfide) groups is 1. The summed E-state index contributed by atoms with van der Waals surface area (Å²) >= 11 is 1.25. The molecule has 3 rings (SSSR count). The predicted octanol–water partition coefficient (Wildman–Crippen LogP) is 1.56. The number of H-pyrrole nitrogens is 1. The number of hydrogen-bond donors (Lipinski definition) is 3. The summed E-state index contributed by atoms with van der Waals surface area (Å²) in [5.41, 5.74) is 0.388. The van der Waals surface area contributed by atoms with E-state index in [1.54, 1.807) is 30.5 Å². The topological polar surface area (TPSA) is 104 Å². The van der Waals surface area contributed by atoms with Crippen molar-refractivity contribution in [2.75, 3.05) is 16.9 Å². The van der Waals surface area contributed by atoms with Crippen LogP contribution < -0.4 is 16.2 Å². The lowest BCUT2D eigenvalue weighted by Crippen LogP contribution is -2.36. The van der Waals surface area contributed by atoms with Crippen molar-refractivity contribution in [3.05, 3.63) is 46.2 Å². The van der Waals surface area contributed by atoms with Crippen molar-refractivity contribution < 1.29 is 9.59 Å². The first-order chi connectivity index (χ1) is 11.1. The van der Waals surface area contributed by atoms with Gasteiger partial charge in [-0.05, 0) is 18.4 Å². The molecule has 1 aliphatic rings. The van der Waals surface area contributed by atoms with Gasteiger partial charge >= 0.3 is 0 Å². The van der Waals surface area contributed by atoms with E-state index in [1.165, 1.54) is 11.8 Å². The minimum Gasteiger partial charge on any atom is -0.326 e. The number of amides is 2. The number of para-hydroxylation sites is 1. The first-order valence-electron chi connectivity index (χ1n) is 6.92. The molecule has 0 unspecified atom stereocenters. The van der Waals surface area contributed by atoms with Crippen LogP contribution in [-0.2, 0) is 9.59 Å². The molecule has 2 heterocycles. The van der Waals surface area contributed by atoms with E-state index in [9.17, 15) is 14.4 Å². The van der Waals surface area contributed by atoms with E-state index in [1.807, 2.05) is 6.07 Å². The highest BCUT2D eigenvalue weighted by atomic mass is 32.2. The molecule has 2 amide bonds. The summed E-state index contributed by atoms with van der Waals surface area (Å²) in [5.74, 6) is -1.46. The van der Waals surface area contributed by atoms with Gasteiger partial charge in [0.1, 0.15) is 5.82 Å². The minimum atomic E-state index is -0.869. The SMILES string of the molecule is CSc1nc2c(c(=O)[nH]1)[C@H](C(=O)Nc1ccccc1)CC(=O)N2. The lowest BCUT2D eigenvalue weighted by atomic mass is 9.92. The lowest BCUT2D eigenvalue weighted by Gasteiger charge is -2.23. The molecular formula is C15H14N4O3S. The van der Waals surface area contributed by atoms with Crippen LogP contribution in [0.3, 0.4) is 0 Å². The van der Waals surface area contributed by atoms with Crippen LogP contribution in [0.4, 0.5) is 11.5 Å². The molecule has 23 heavy (non-hydrogen) atoms. The molecule has 0 fully saturated rings. The highest BCUT2D eigenvalue weighted by Crippen LogP contribution is 2.29. The Balaban J connectivity index is 1.97. The number of rotatable bonds is 3. The van der Waals surface area contributed by atoms with E-state index in [2.05, 4.69) is 20.6 Å². The molecule has 1 atom stereocenters. The van der Waals surface area contributed by atoms with Gasteiger partial charge in [-0.15, -0.1) is 0 Å². The maximum Gasteiger partial charge on any atom is 0.257 e. The largest absolute Gasteiger partial charge is 0.326 e. The van der Waals surface area contributed by atoms with Crippen LogP contribution in [0.2, 0.25) is 0 Å². The van der Waals surface area contributed by atoms with E-state index in [4.69, 9.17) is 0 Å². The lowest BCUT2D eigenvalue weighted by molar-refractivity contribution is -0.123. The molecule has 2 aromatic rings. The van der Waals surface area contributed by atoms with Crippen molar-refractivity contribution in [1.82, 2.24) is 9.97 Å². The third-order valence-electron chi connectivity index (χ3n) is 3.48. The molecule has 0 bridgehead atoms. The van der Waals surface area contributed by atoms with Crippen molar-refractivity contribution in [3.8, 4) is 0 Å². The van der Waals surface area contributed by atoms with E-state index < -0.39 is 17.4 Å². The van der Waals surface area contributed by atoms with Gasteiger partial charge in [-0.2, -0.15) is 0 Å². The van der Waals surface area contributed by atoms with Crippen molar-refractivity contribution in [3.63, 3.8) is 0 Å². The third kappa shape index (κ3) is 3.11. The molecule has 1 aliphatic heterocycles. The van der Waals surface area contributed by atoms with Crippen molar-refractivity contribution >= 4 is 35.1 Å². The number of fused-ring (bicyclic) bond motifs is 1. The maximum absolute atomic E-state index is 12.5. The molecule has 118 valence electrons. The Morgan fingerprint density at radius 2 is 2.04 bits per heavy atom. The molecular weight excluding hydrogens is 316 g/mol. The van der Waals surface area contributed by atoms with Crippen molar-refractivity contribution in [2.45, 2.75) is 17.5 Å². The second-order valence-electron chi connectivity index (χ2n) is 5.00. The summed E-state index contributed by atoms with van der Waals surface area (Å²) in [5, 5.41) is 5.67. The molecule has 1 aromatic carbocycles. The number of carbonyl (C=O) groups excluding carboxylic acids is 2. The Bertz CT molecular complexity index is 819. The average molecular weight is 330 g/mol. The van der Waals surface area contributed by atoms with Gasteiger partial charge in [-0.3, -0.25) is 14.4 Å². The number of aromatic amines is 1. The van der Waals surface area contributed by atoms with Gasteiger partial charge in [-0.1, -0.05) is 30.0 Å². The van der Waals surface area contributed by atoms with E-state index >= 15 is 0 Å². The average Bonchev–Trinajstić information content (AvgIpc) is 2.54. The number of nitrogens with zero attached hydrogens (tertiary/aromatic N) is 1. The van der Waals surface area contributed by atoms with E-state index in [0.29, 0.717) is 10.8 Å². The number of nitrogens with one attached hydrogen (secondary N) is 3. The first kappa shape index (κ1) is 15.3. The molecule has 8 heteroatoms. The number of hydrogen-bond acceptors (Lipinski definition) is 5. The predicted molar refractivity (Wildman–Crippen MR) is 87.7 cm³/mol. The van der Waals surface area contributed by atoms with Crippen LogP contribution >= 0.6 is 11.8 Å². The molecule has 0 radical (unpaired) electrons. The van der Waals surface area contributed by atoms with Crippen LogP contribution in [0.1, 0.15) is 17.9 Å². The Morgan fingerprint density at radius 3 is 2.74 bits per heavy atom. The van der Waals surface area contributed by atoms with Crippen LogP contribution in [0, 0.1) is 0 Å². The second kappa shape index (κ2) is 6.25. The molecule has 3 N–H and O–H groups in total. The molecule has 7 nitrogen and oxygen atoms in total. The summed E-state index contributed by atoms with van der Waals surface area (Å²) in [7, 11) is 0. The minimum absolute atomic E-state index is 0.0883. The van der Waals surface area contributed by atoms with Gasteiger partial charge in [0.05, 0.1) is 11.5 Å². The zero-order chi connectivity index (χ0) is 16.4. The summed E-state index contributed by atoms with van der Waals surface area (Å²) in [4.78, 5) is 43.4. The highest BCUT2D eigenvalue weighted by Gasteiger charge is 2.34. The zero-order valence-corrected chi connectivity index (χ0v) is 13.1. The summed E-state index contributed by atoms with van der Waals surface area (Å²) in [6, 6.07) is 8.88. The van der Waals surface area contributed by atoms with Gasteiger partial charge in [0.25, 0.3) is 5.56 Å². The fourth-order valence-electron chi connectivity index (χ4n) is 2.42. The molecule has 0 spiro atoms. The number of carbonyl (C=O) groups is 2. The Hall–Kier alpha value is -2.61. The van der Waals surface area contributed by atoms with Gasteiger partial charge < -0.3 is 15.6 Å². The fourth-order valence-corrected chi connectivity index (χ4v) is 2.80. The van der Waals surface area contributed by atoms with Gasteiger partial charge in [0.15, 0.2) is 5.16 Å². The molecule has 0 aliphatic carbocycles. The molecule has 1 aromatic heterocycles. The molecule has 0 saturated heterocycles. The van der Waals surface area contributed by atoms with E-state index in [-0.39, 0.29) is 23.7 Å². The Kier molecular flexibility index (Phi) is 4.16. The number of aromatic nitrogens is 2. The van der Waals surface area contributed by atoms with Gasteiger partial charge in [0.2, 0.25) is 11.8 Å². The summed E-state index contributed by atoms with van der Waals surface area (Å²) in [6.07, 6.45) is 1.67. The van der Waals surface area contributed by atoms with Gasteiger partial charge in [-0.25, -0.2) is 4.98 Å². The normalized spacial score (nSPS) is 16.4. The maximum atomic E-state index is 12.5. The fraction of sp³-hybridized carbons (Fsp3) is 0.200. The zero-order valence-electron chi connectivity index (χ0n) is 12.3. The third-order valence-corrected chi connectivity index (χ3v) is 4.06. The highest BCUT2D eigenvalue weighted by molar-refractivity contribution is 7.98. The van der Waals surface area contributed by atoms with E-state index in [0.717, 1.165) is 0 Å². The van der Waals surface area contributed by atoms with Crippen LogP contribution in [0.15, 0.2) is 40.3 Å². The molecule has 0 saturated carbocycles. The first-order valence-corrected chi connectivity index (χ1v) is 8.15. The van der Waals surface area contributed by atoms with Gasteiger partial charge in [0, 0.05) is 12.1 Å². The monoisotopic (exact) mass is 330 g/mol. The summed E-state index contributed by atoms with van der Waals surface area (Å²) in [6.45, 7) is 0. The van der Waals surface area contributed by atoms with Crippen LogP contribution in [0.25, 0.3) is 0 Å². The van der Waals surface area contributed by atoms with Crippen LogP contribution in [0.5, 0.6) is 0 Å². The number of benzene rings is 1. The standard InChI is InChI=1S/C15H14N4O3S/c1-23-15-18-12-11(14(22)19-15)9(7-10(20)17-12)13(21)16-8-5-3-2-4-6-8/h2-6,9H,7H2,1H3,(H,16,21)(H2,17,18,19,20,22)/t9-/m1/s1. The Morgan fingerprint density at radius 1 is 1.30 bits per heavy atom. The summed E-state index contributed by atoms with van der Waals surface area (Å²) < 4.78 is 0. The van der Waals surface area contributed by atoms with Crippen LogP contribution in [-0.4, -0.2) is 28.0 Å². The smallest absolute Gasteiger partial charge is 0.257 e.